The van der Waals surface area contributed by atoms with Gasteiger partial charge in [0, 0.05) is 13.6 Å². The van der Waals surface area contributed by atoms with Crippen LogP contribution in [0.4, 0.5) is 0 Å². The van der Waals surface area contributed by atoms with Gasteiger partial charge < -0.3 is 4.90 Å². The van der Waals surface area contributed by atoms with Crippen LogP contribution in [-0.2, 0) is 9.59 Å². The van der Waals surface area contributed by atoms with Gasteiger partial charge in [-0.05, 0) is 13.8 Å². The van der Waals surface area contributed by atoms with Gasteiger partial charge in [0.15, 0.2) is 0 Å². The molecule has 0 fully saturated rings. The highest BCUT2D eigenvalue weighted by atomic mass is 16.2. The Balaban J connectivity index is 3.73. The fraction of sp³-hybridized carbons (Fsp3) is 0.714. The third-order valence-corrected chi connectivity index (χ3v) is 1.30. The molecule has 0 aliphatic heterocycles. The first-order chi connectivity index (χ1) is 4.57. The normalized spacial score (nSPS) is 9.10. The third-order valence-electron chi connectivity index (χ3n) is 1.30. The van der Waals surface area contributed by atoms with Gasteiger partial charge in [0.1, 0.15) is 5.78 Å². The minimum atomic E-state index is -0.102. The molecule has 0 aromatic heterocycles. The van der Waals surface area contributed by atoms with Gasteiger partial charge in [-0.1, -0.05) is 0 Å². The number of hydrogen-bond acceptors (Lipinski definition) is 2. The molecule has 0 saturated carbocycles. The van der Waals surface area contributed by atoms with E-state index in [-0.39, 0.29) is 18.1 Å². The predicted molar refractivity (Wildman–Crippen MR) is 38.6 cm³/mol. The molecule has 0 rings (SSSR count). The molecule has 1 amide bonds. The largest absolute Gasteiger partial charge is 0.346 e. The van der Waals surface area contributed by atoms with Gasteiger partial charge in [0.2, 0.25) is 5.91 Å². The van der Waals surface area contributed by atoms with Gasteiger partial charge >= 0.3 is 0 Å². The van der Waals surface area contributed by atoms with Gasteiger partial charge in [-0.3, -0.25) is 9.59 Å². The second-order valence-corrected chi connectivity index (χ2v) is 2.29. The van der Waals surface area contributed by atoms with E-state index < -0.39 is 0 Å². The highest BCUT2D eigenvalue weighted by molar-refractivity contribution is 5.96. The van der Waals surface area contributed by atoms with Crippen molar-refractivity contribution in [1.29, 1.82) is 0 Å². The van der Waals surface area contributed by atoms with Crippen molar-refractivity contribution in [3.05, 3.63) is 0 Å². The molecule has 0 aliphatic rings. The van der Waals surface area contributed by atoms with Crippen LogP contribution in [0.3, 0.4) is 0 Å². The van der Waals surface area contributed by atoms with Crippen LogP contribution in [0.15, 0.2) is 0 Å². The Kier molecular flexibility index (Phi) is 3.69. The lowest BCUT2D eigenvalue weighted by Gasteiger charge is -2.12. The molecule has 3 heteroatoms. The van der Waals surface area contributed by atoms with E-state index in [0.717, 1.165) is 0 Å². The molecule has 0 aromatic carbocycles. The maximum absolute atomic E-state index is 10.9. The first-order valence-corrected chi connectivity index (χ1v) is 3.31. The number of carbonyl (C=O) groups excluding carboxylic acids is 2. The molecule has 10 heavy (non-hydrogen) atoms. The molecule has 0 N–H and O–H groups in total. The zero-order chi connectivity index (χ0) is 8.15. The van der Waals surface area contributed by atoms with E-state index in [1.54, 1.807) is 7.05 Å². The zero-order valence-electron chi connectivity index (χ0n) is 6.68. The van der Waals surface area contributed by atoms with Crippen molar-refractivity contribution in [2.24, 2.45) is 0 Å². The highest BCUT2D eigenvalue weighted by Gasteiger charge is 2.07. The Morgan fingerprint density at radius 3 is 2.20 bits per heavy atom. The number of carbonyl (C=O) groups is 2. The number of nitrogens with zero attached hydrogens (tertiary/aromatic N) is 1. The van der Waals surface area contributed by atoms with E-state index in [2.05, 4.69) is 0 Å². The smallest absolute Gasteiger partial charge is 0.229 e. The average molecular weight is 143 g/mol. The van der Waals surface area contributed by atoms with Crippen molar-refractivity contribution in [3.63, 3.8) is 0 Å². The number of rotatable bonds is 3. The van der Waals surface area contributed by atoms with E-state index in [1.807, 2.05) is 6.92 Å². The summed E-state index contributed by atoms with van der Waals surface area (Å²) in [5.74, 6) is -0.180. The van der Waals surface area contributed by atoms with Crippen LogP contribution in [0, 0.1) is 0 Å². The molecular weight excluding hydrogens is 130 g/mol. The van der Waals surface area contributed by atoms with Crippen LogP contribution in [-0.4, -0.2) is 30.2 Å². The van der Waals surface area contributed by atoms with Crippen LogP contribution in [0.25, 0.3) is 0 Å². The minimum absolute atomic E-state index is 0.0321. The van der Waals surface area contributed by atoms with Crippen LogP contribution in [0.5, 0.6) is 0 Å². The number of amides is 1. The van der Waals surface area contributed by atoms with Crippen LogP contribution < -0.4 is 0 Å². The molecule has 0 spiro atoms. The lowest BCUT2D eigenvalue weighted by atomic mass is 10.3. The summed E-state index contributed by atoms with van der Waals surface area (Å²) in [7, 11) is 1.69. The lowest BCUT2D eigenvalue weighted by Crippen LogP contribution is -2.27. The van der Waals surface area contributed by atoms with Crippen molar-refractivity contribution in [1.82, 2.24) is 4.90 Å². The van der Waals surface area contributed by atoms with Crippen LogP contribution in [0.2, 0.25) is 0 Å². The second kappa shape index (κ2) is 4.04. The molecule has 0 bridgehead atoms. The summed E-state index contributed by atoms with van der Waals surface area (Å²) in [6.07, 6.45) is 0.0321. The summed E-state index contributed by atoms with van der Waals surface area (Å²) in [4.78, 5) is 22.8. The molecule has 0 aromatic rings. The summed E-state index contributed by atoms with van der Waals surface area (Å²) in [6, 6.07) is 0. The molecule has 0 saturated heterocycles. The Morgan fingerprint density at radius 2 is 1.90 bits per heavy atom. The third kappa shape index (κ3) is 3.22. The Morgan fingerprint density at radius 1 is 1.40 bits per heavy atom. The average Bonchev–Trinajstić information content (AvgIpc) is 1.85. The summed E-state index contributed by atoms with van der Waals surface area (Å²) in [5, 5.41) is 0. The molecule has 0 unspecified atom stereocenters. The standard InChI is InChI=1S/C7H13NO2/c1-4-8(3)7(10)5-6(2)9/h4-5H2,1-3H3. The Labute approximate surface area is 61.0 Å². The van der Waals surface area contributed by atoms with E-state index in [1.165, 1.54) is 11.8 Å². The van der Waals surface area contributed by atoms with E-state index >= 15 is 0 Å². The monoisotopic (exact) mass is 143 g/mol. The van der Waals surface area contributed by atoms with Crippen molar-refractivity contribution >= 4 is 11.7 Å². The second-order valence-electron chi connectivity index (χ2n) is 2.29. The lowest BCUT2D eigenvalue weighted by molar-refractivity contribution is -0.133. The summed E-state index contributed by atoms with van der Waals surface area (Å²) < 4.78 is 0. The molecule has 0 heterocycles. The molecule has 0 atom stereocenters. The molecule has 0 aliphatic carbocycles. The van der Waals surface area contributed by atoms with Crippen molar-refractivity contribution in [2.75, 3.05) is 13.6 Å². The molecule has 3 nitrogen and oxygen atoms in total. The van der Waals surface area contributed by atoms with Gasteiger partial charge in [-0.25, -0.2) is 0 Å². The van der Waals surface area contributed by atoms with E-state index in [4.69, 9.17) is 0 Å². The van der Waals surface area contributed by atoms with Gasteiger partial charge in [-0.15, -0.1) is 0 Å². The van der Waals surface area contributed by atoms with Gasteiger partial charge in [-0.2, -0.15) is 0 Å². The number of ketones is 1. The quantitative estimate of drug-likeness (QED) is 0.538. The highest BCUT2D eigenvalue weighted by Crippen LogP contribution is 1.90. The SMILES string of the molecule is CCN(C)C(=O)CC(C)=O. The maximum Gasteiger partial charge on any atom is 0.229 e. The van der Waals surface area contributed by atoms with E-state index in [9.17, 15) is 9.59 Å². The van der Waals surface area contributed by atoms with Crippen molar-refractivity contribution in [3.8, 4) is 0 Å². The fourth-order valence-corrected chi connectivity index (χ4v) is 0.524. The first-order valence-electron chi connectivity index (χ1n) is 3.31. The van der Waals surface area contributed by atoms with Gasteiger partial charge in [0.05, 0.1) is 6.42 Å². The summed E-state index contributed by atoms with van der Waals surface area (Å²) >= 11 is 0. The first kappa shape index (κ1) is 9.14. The van der Waals surface area contributed by atoms with Crippen molar-refractivity contribution in [2.45, 2.75) is 20.3 Å². The zero-order valence-corrected chi connectivity index (χ0v) is 6.68. The molecular formula is C7H13NO2. The Hall–Kier alpha value is -0.860. The predicted octanol–water partition coefficient (Wildman–Crippen LogP) is 0.444. The van der Waals surface area contributed by atoms with Crippen LogP contribution in [0.1, 0.15) is 20.3 Å². The van der Waals surface area contributed by atoms with Crippen LogP contribution >= 0.6 is 0 Å². The van der Waals surface area contributed by atoms with Crippen molar-refractivity contribution < 1.29 is 9.59 Å². The maximum atomic E-state index is 10.9. The summed E-state index contributed by atoms with van der Waals surface area (Å²) in [6.45, 7) is 3.95. The number of Topliss-reactive ketones (excluding diaryl/α,β-unsaturated/α-hetero) is 1. The molecule has 58 valence electrons. The number of hydrogen-bond donors (Lipinski definition) is 0. The van der Waals surface area contributed by atoms with Gasteiger partial charge in [0.25, 0.3) is 0 Å². The topological polar surface area (TPSA) is 37.4 Å². The molecule has 0 radical (unpaired) electrons. The van der Waals surface area contributed by atoms with E-state index in [0.29, 0.717) is 6.54 Å². The minimum Gasteiger partial charge on any atom is -0.346 e. The Bertz CT molecular complexity index is 143. The summed E-state index contributed by atoms with van der Waals surface area (Å²) in [5.41, 5.74) is 0. The fourth-order valence-electron chi connectivity index (χ4n) is 0.524.